The van der Waals surface area contributed by atoms with Gasteiger partial charge in [0.05, 0.1) is 22.8 Å². The number of nitro benzene ring substituents is 1. The second-order valence-corrected chi connectivity index (χ2v) is 4.62. The predicted molar refractivity (Wildman–Crippen MR) is 68.8 cm³/mol. The standard InChI is InChI=1S/C12H15N3O4/c1-8-9(3-2-4-10(8)15(17)18)14-11(16)12(13)5-6-19-7-12/h2-4H,5-7,13H2,1H3,(H,14,16). The van der Waals surface area contributed by atoms with Gasteiger partial charge in [-0.05, 0) is 19.4 Å². The van der Waals surface area contributed by atoms with Crippen molar-refractivity contribution < 1.29 is 14.5 Å². The minimum Gasteiger partial charge on any atom is -0.379 e. The Balaban J connectivity index is 2.22. The topological polar surface area (TPSA) is 107 Å². The highest BCUT2D eigenvalue weighted by molar-refractivity contribution is 5.99. The monoisotopic (exact) mass is 265 g/mol. The zero-order chi connectivity index (χ0) is 14.0. The molecule has 2 rings (SSSR count). The highest BCUT2D eigenvalue weighted by Crippen LogP contribution is 2.26. The third-order valence-corrected chi connectivity index (χ3v) is 3.25. The van der Waals surface area contributed by atoms with Crippen molar-refractivity contribution in [2.75, 3.05) is 18.5 Å². The van der Waals surface area contributed by atoms with Crippen molar-refractivity contribution in [3.63, 3.8) is 0 Å². The number of hydrogen-bond acceptors (Lipinski definition) is 5. The zero-order valence-electron chi connectivity index (χ0n) is 10.5. The van der Waals surface area contributed by atoms with Gasteiger partial charge in [0.25, 0.3) is 5.69 Å². The molecule has 0 radical (unpaired) electrons. The van der Waals surface area contributed by atoms with Gasteiger partial charge in [0.1, 0.15) is 5.54 Å². The average molecular weight is 265 g/mol. The van der Waals surface area contributed by atoms with E-state index in [-0.39, 0.29) is 18.2 Å². The molecular weight excluding hydrogens is 250 g/mol. The molecule has 1 aromatic carbocycles. The molecule has 19 heavy (non-hydrogen) atoms. The first-order chi connectivity index (χ1) is 8.94. The van der Waals surface area contributed by atoms with E-state index in [0.29, 0.717) is 24.3 Å². The molecule has 0 saturated carbocycles. The molecule has 1 atom stereocenters. The quantitative estimate of drug-likeness (QED) is 0.625. The number of nitrogens with two attached hydrogens (primary N) is 1. The van der Waals surface area contributed by atoms with Crippen LogP contribution in [0.25, 0.3) is 0 Å². The Bertz CT molecular complexity index is 524. The summed E-state index contributed by atoms with van der Waals surface area (Å²) in [5.74, 6) is -0.381. The van der Waals surface area contributed by atoms with Crippen LogP contribution in [0.1, 0.15) is 12.0 Å². The predicted octanol–water partition coefficient (Wildman–Crippen LogP) is 0.960. The van der Waals surface area contributed by atoms with E-state index in [0.717, 1.165) is 0 Å². The maximum absolute atomic E-state index is 12.1. The second kappa shape index (κ2) is 4.94. The Morgan fingerprint density at radius 2 is 2.32 bits per heavy atom. The summed E-state index contributed by atoms with van der Waals surface area (Å²) < 4.78 is 5.12. The van der Waals surface area contributed by atoms with Gasteiger partial charge in [-0.25, -0.2) is 0 Å². The van der Waals surface area contributed by atoms with E-state index in [9.17, 15) is 14.9 Å². The van der Waals surface area contributed by atoms with Gasteiger partial charge in [-0.3, -0.25) is 14.9 Å². The number of nitrogens with zero attached hydrogens (tertiary/aromatic N) is 1. The van der Waals surface area contributed by atoms with Crippen LogP contribution in [0.15, 0.2) is 18.2 Å². The molecule has 102 valence electrons. The summed E-state index contributed by atoms with van der Waals surface area (Å²) in [7, 11) is 0. The fourth-order valence-corrected chi connectivity index (χ4v) is 1.96. The SMILES string of the molecule is Cc1c(NC(=O)C2(N)CCOC2)cccc1[N+](=O)[O-]. The maximum Gasteiger partial charge on any atom is 0.274 e. The summed E-state index contributed by atoms with van der Waals surface area (Å²) in [6, 6.07) is 4.52. The van der Waals surface area contributed by atoms with Crippen molar-refractivity contribution in [3.8, 4) is 0 Å². The second-order valence-electron chi connectivity index (χ2n) is 4.62. The maximum atomic E-state index is 12.1. The van der Waals surface area contributed by atoms with Crippen LogP contribution in [-0.4, -0.2) is 29.6 Å². The van der Waals surface area contributed by atoms with Crippen LogP contribution in [0.5, 0.6) is 0 Å². The summed E-state index contributed by atoms with van der Waals surface area (Å²) in [5, 5.41) is 13.5. The molecule has 7 nitrogen and oxygen atoms in total. The number of ether oxygens (including phenoxy) is 1. The lowest BCUT2D eigenvalue weighted by atomic mass is 9.99. The average Bonchev–Trinajstić information content (AvgIpc) is 2.80. The lowest BCUT2D eigenvalue weighted by Crippen LogP contribution is -2.51. The number of nitrogens with one attached hydrogen (secondary N) is 1. The van der Waals surface area contributed by atoms with E-state index >= 15 is 0 Å². The van der Waals surface area contributed by atoms with Gasteiger partial charge in [-0.1, -0.05) is 6.07 Å². The van der Waals surface area contributed by atoms with Crippen LogP contribution < -0.4 is 11.1 Å². The molecule has 0 aliphatic carbocycles. The Hall–Kier alpha value is -1.99. The number of amides is 1. The van der Waals surface area contributed by atoms with Gasteiger partial charge < -0.3 is 15.8 Å². The van der Waals surface area contributed by atoms with Crippen molar-refractivity contribution >= 4 is 17.3 Å². The van der Waals surface area contributed by atoms with Gasteiger partial charge >= 0.3 is 0 Å². The Morgan fingerprint density at radius 3 is 2.89 bits per heavy atom. The minimum absolute atomic E-state index is 0.0356. The Labute approximate surface area is 109 Å². The van der Waals surface area contributed by atoms with E-state index in [1.54, 1.807) is 13.0 Å². The van der Waals surface area contributed by atoms with Gasteiger partial charge in [-0.2, -0.15) is 0 Å². The Morgan fingerprint density at radius 1 is 1.58 bits per heavy atom. The van der Waals surface area contributed by atoms with E-state index in [1.807, 2.05) is 0 Å². The molecule has 1 fully saturated rings. The number of carbonyl (C=O) groups is 1. The van der Waals surface area contributed by atoms with Crippen LogP contribution in [-0.2, 0) is 9.53 Å². The van der Waals surface area contributed by atoms with Crippen LogP contribution in [0.3, 0.4) is 0 Å². The normalized spacial score (nSPS) is 22.2. The smallest absolute Gasteiger partial charge is 0.274 e. The molecular formula is C12H15N3O4. The van der Waals surface area contributed by atoms with Crippen LogP contribution in [0.2, 0.25) is 0 Å². The number of nitro groups is 1. The molecule has 1 amide bonds. The summed E-state index contributed by atoms with van der Waals surface area (Å²) in [6.45, 7) is 2.19. The summed E-state index contributed by atoms with van der Waals surface area (Å²) >= 11 is 0. The van der Waals surface area contributed by atoms with Crippen molar-refractivity contribution in [1.82, 2.24) is 0 Å². The number of benzene rings is 1. The number of rotatable bonds is 3. The van der Waals surface area contributed by atoms with Crippen molar-refractivity contribution in [3.05, 3.63) is 33.9 Å². The highest BCUT2D eigenvalue weighted by Gasteiger charge is 2.38. The molecule has 1 unspecified atom stereocenters. The lowest BCUT2D eigenvalue weighted by molar-refractivity contribution is -0.385. The van der Waals surface area contributed by atoms with E-state index in [2.05, 4.69) is 5.32 Å². The first-order valence-corrected chi connectivity index (χ1v) is 5.86. The molecule has 1 heterocycles. The van der Waals surface area contributed by atoms with Crippen LogP contribution in [0.4, 0.5) is 11.4 Å². The molecule has 1 saturated heterocycles. The largest absolute Gasteiger partial charge is 0.379 e. The minimum atomic E-state index is -1.06. The van der Waals surface area contributed by atoms with Gasteiger partial charge in [0.2, 0.25) is 5.91 Å². The molecule has 0 aromatic heterocycles. The van der Waals surface area contributed by atoms with Gasteiger partial charge in [-0.15, -0.1) is 0 Å². The van der Waals surface area contributed by atoms with E-state index in [1.165, 1.54) is 12.1 Å². The zero-order valence-corrected chi connectivity index (χ0v) is 10.5. The summed E-state index contributed by atoms with van der Waals surface area (Å²) in [5.41, 5.74) is 5.64. The Kier molecular flexibility index (Phi) is 3.50. The summed E-state index contributed by atoms with van der Waals surface area (Å²) in [4.78, 5) is 22.4. The molecule has 3 N–H and O–H groups in total. The molecule has 1 aromatic rings. The molecule has 0 bridgehead atoms. The van der Waals surface area contributed by atoms with Crippen molar-refractivity contribution in [2.24, 2.45) is 5.73 Å². The van der Waals surface area contributed by atoms with Gasteiger partial charge in [0.15, 0.2) is 0 Å². The lowest BCUT2D eigenvalue weighted by Gasteiger charge is -2.21. The first kappa shape index (κ1) is 13.4. The highest BCUT2D eigenvalue weighted by atomic mass is 16.6. The third kappa shape index (κ3) is 2.56. The number of carbonyl (C=O) groups excluding carboxylic acids is 1. The molecule has 1 aliphatic rings. The van der Waals surface area contributed by atoms with Crippen molar-refractivity contribution in [1.29, 1.82) is 0 Å². The fourth-order valence-electron chi connectivity index (χ4n) is 1.96. The molecule has 0 spiro atoms. The number of hydrogen-bond donors (Lipinski definition) is 2. The van der Waals surface area contributed by atoms with Crippen LogP contribution in [0, 0.1) is 17.0 Å². The van der Waals surface area contributed by atoms with E-state index < -0.39 is 10.5 Å². The summed E-state index contributed by atoms with van der Waals surface area (Å²) in [6.07, 6.45) is 0.437. The van der Waals surface area contributed by atoms with Gasteiger partial charge in [0, 0.05) is 12.7 Å². The third-order valence-electron chi connectivity index (χ3n) is 3.25. The van der Waals surface area contributed by atoms with E-state index in [4.69, 9.17) is 10.5 Å². The molecule has 7 heteroatoms. The first-order valence-electron chi connectivity index (χ1n) is 5.86. The van der Waals surface area contributed by atoms with Crippen molar-refractivity contribution in [2.45, 2.75) is 18.9 Å². The number of anilines is 1. The molecule has 1 aliphatic heterocycles. The van der Waals surface area contributed by atoms with Crippen LogP contribution >= 0.6 is 0 Å². The fraction of sp³-hybridized carbons (Fsp3) is 0.417.